The minimum atomic E-state index is -0.571. The number of rotatable bonds is 7. The molecule has 196 valence electrons. The molecule has 3 rings (SSSR count). The van der Waals surface area contributed by atoms with E-state index in [0.29, 0.717) is 13.0 Å². The SMILES string of the molecule is COc1ccccc1CNC(=O)[C@@H](C)[C@H]1CC[C@@]2(C)CC[C@H](NC(=O)CC(C)(C)C)[C@@H](C)[C@@H]2[C@H]1O. The Morgan fingerprint density at radius 3 is 2.51 bits per heavy atom. The standard InChI is InChI=1S/C29H46N2O4/c1-18(27(34)30-17-20-10-8-9-11-23(20)35-7)21-12-14-29(6)15-13-22(19(2)25(29)26(21)33)31-24(32)16-28(3,4)5/h8-11,18-19,21-22,25-26,33H,12-17H2,1-7H3,(H,30,34)(H,31,32)/t18-,19+,21+,22-,25+,26-,29-/m0/s1. The zero-order valence-corrected chi connectivity index (χ0v) is 22.7. The highest BCUT2D eigenvalue weighted by Gasteiger charge is 2.53. The van der Waals surface area contributed by atoms with Gasteiger partial charge in [0.1, 0.15) is 5.75 Å². The first-order valence-corrected chi connectivity index (χ1v) is 13.2. The van der Waals surface area contributed by atoms with E-state index < -0.39 is 6.10 Å². The van der Waals surface area contributed by atoms with Crippen molar-refractivity contribution in [3.63, 3.8) is 0 Å². The van der Waals surface area contributed by atoms with Crippen LogP contribution in [0.15, 0.2) is 24.3 Å². The van der Waals surface area contributed by atoms with Crippen LogP contribution in [0.25, 0.3) is 0 Å². The van der Waals surface area contributed by atoms with Crippen LogP contribution in [0, 0.1) is 34.5 Å². The Bertz CT molecular complexity index is 895. The molecule has 0 unspecified atom stereocenters. The van der Waals surface area contributed by atoms with E-state index >= 15 is 0 Å². The van der Waals surface area contributed by atoms with Gasteiger partial charge in [-0.3, -0.25) is 9.59 Å². The molecule has 0 aromatic heterocycles. The molecule has 1 aromatic carbocycles. The Morgan fingerprint density at radius 1 is 1.20 bits per heavy atom. The molecule has 2 saturated carbocycles. The predicted molar refractivity (Wildman–Crippen MR) is 139 cm³/mol. The van der Waals surface area contributed by atoms with Crippen molar-refractivity contribution in [2.45, 2.75) is 92.3 Å². The van der Waals surface area contributed by atoms with Gasteiger partial charge < -0.3 is 20.5 Å². The minimum absolute atomic E-state index is 0.0359. The van der Waals surface area contributed by atoms with Crippen molar-refractivity contribution in [3.05, 3.63) is 29.8 Å². The van der Waals surface area contributed by atoms with E-state index in [4.69, 9.17) is 4.74 Å². The number of aliphatic hydroxyl groups excluding tert-OH is 1. The first-order valence-electron chi connectivity index (χ1n) is 13.2. The normalized spacial score (nSPS) is 31.7. The zero-order chi connectivity index (χ0) is 26.0. The Balaban J connectivity index is 1.66. The van der Waals surface area contributed by atoms with Crippen molar-refractivity contribution in [2.75, 3.05) is 7.11 Å². The summed E-state index contributed by atoms with van der Waals surface area (Å²) in [6.45, 7) is 13.0. The van der Waals surface area contributed by atoms with Crippen LogP contribution in [-0.4, -0.2) is 36.2 Å². The molecule has 0 aliphatic heterocycles. The van der Waals surface area contributed by atoms with Gasteiger partial charge in [0.25, 0.3) is 0 Å². The quantitative estimate of drug-likeness (QED) is 0.522. The lowest BCUT2D eigenvalue weighted by atomic mass is 9.51. The van der Waals surface area contributed by atoms with Crippen LogP contribution in [-0.2, 0) is 16.1 Å². The van der Waals surface area contributed by atoms with E-state index in [0.717, 1.165) is 37.0 Å². The maximum Gasteiger partial charge on any atom is 0.223 e. The van der Waals surface area contributed by atoms with E-state index in [1.165, 1.54) is 0 Å². The van der Waals surface area contributed by atoms with Crippen LogP contribution in [0.5, 0.6) is 5.75 Å². The van der Waals surface area contributed by atoms with Crippen molar-refractivity contribution >= 4 is 11.8 Å². The third kappa shape index (κ3) is 6.38. The molecule has 2 aliphatic carbocycles. The van der Waals surface area contributed by atoms with E-state index in [-0.39, 0.29) is 52.4 Å². The number of benzene rings is 1. The molecule has 0 saturated heterocycles. The number of aliphatic hydroxyl groups is 1. The van der Waals surface area contributed by atoms with Gasteiger partial charge in [-0.15, -0.1) is 0 Å². The minimum Gasteiger partial charge on any atom is -0.496 e. The second kappa shape index (κ2) is 10.9. The molecule has 7 atom stereocenters. The zero-order valence-electron chi connectivity index (χ0n) is 22.7. The number of ether oxygens (including phenoxy) is 1. The summed E-state index contributed by atoms with van der Waals surface area (Å²) < 4.78 is 5.40. The molecule has 2 aliphatic rings. The monoisotopic (exact) mass is 486 g/mol. The number of para-hydroxylation sites is 1. The number of carbonyl (C=O) groups excluding carboxylic acids is 2. The summed E-state index contributed by atoms with van der Waals surface area (Å²) in [6.07, 6.45) is 3.68. The van der Waals surface area contributed by atoms with Crippen molar-refractivity contribution < 1.29 is 19.4 Å². The number of methoxy groups -OCH3 is 1. The molecule has 6 nitrogen and oxygen atoms in total. The first-order chi connectivity index (χ1) is 16.4. The largest absolute Gasteiger partial charge is 0.496 e. The van der Waals surface area contributed by atoms with Gasteiger partial charge in [0.2, 0.25) is 11.8 Å². The Kier molecular flexibility index (Phi) is 8.56. The van der Waals surface area contributed by atoms with Gasteiger partial charge in [-0.1, -0.05) is 59.7 Å². The fraction of sp³-hybridized carbons (Fsp3) is 0.724. The maximum atomic E-state index is 13.1. The van der Waals surface area contributed by atoms with Gasteiger partial charge in [-0.2, -0.15) is 0 Å². The van der Waals surface area contributed by atoms with E-state index in [2.05, 4.69) is 45.3 Å². The van der Waals surface area contributed by atoms with Gasteiger partial charge in [-0.05, 0) is 60.3 Å². The van der Waals surface area contributed by atoms with Gasteiger partial charge in [-0.25, -0.2) is 0 Å². The van der Waals surface area contributed by atoms with Crippen LogP contribution >= 0.6 is 0 Å². The Labute approximate surface area is 211 Å². The number of amides is 2. The van der Waals surface area contributed by atoms with Crippen LogP contribution in [0.1, 0.15) is 79.2 Å². The maximum absolute atomic E-state index is 13.1. The number of hydrogen-bond acceptors (Lipinski definition) is 4. The molecular weight excluding hydrogens is 440 g/mol. The molecule has 2 amide bonds. The average molecular weight is 487 g/mol. The second-order valence-corrected chi connectivity index (χ2v) is 12.5. The molecule has 6 heteroatoms. The predicted octanol–water partition coefficient (Wildman–Crippen LogP) is 4.69. The smallest absolute Gasteiger partial charge is 0.223 e. The second-order valence-electron chi connectivity index (χ2n) is 12.5. The summed E-state index contributed by atoms with van der Waals surface area (Å²) >= 11 is 0. The van der Waals surface area contributed by atoms with Crippen molar-refractivity contribution in [3.8, 4) is 5.75 Å². The number of nitrogens with one attached hydrogen (secondary N) is 2. The molecule has 35 heavy (non-hydrogen) atoms. The summed E-state index contributed by atoms with van der Waals surface area (Å²) in [6, 6.07) is 7.73. The molecule has 0 spiro atoms. The van der Waals surface area contributed by atoms with Gasteiger partial charge in [0.05, 0.1) is 13.2 Å². The Hall–Kier alpha value is -2.08. The third-order valence-electron chi connectivity index (χ3n) is 8.63. The van der Waals surface area contributed by atoms with Gasteiger partial charge in [0.15, 0.2) is 0 Å². The van der Waals surface area contributed by atoms with Gasteiger partial charge >= 0.3 is 0 Å². The first kappa shape index (κ1) is 27.5. The fourth-order valence-electron chi connectivity index (χ4n) is 6.62. The lowest BCUT2D eigenvalue weighted by molar-refractivity contribution is -0.144. The molecule has 0 bridgehead atoms. The van der Waals surface area contributed by atoms with Crippen molar-refractivity contribution in [1.29, 1.82) is 0 Å². The summed E-state index contributed by atoms with van der Waals surface area (Å²) in [5, 5.41) is 17.9. The summed E-state index contributed by atoms with van der Waals surface area (Å²) in [4.78, 5) is 25.8. The molecular formula is C29H46N2O4. The lowest BCUT2D eigenvalue weighted by Gasteiger charge is -2.56. The summed E-state index contributed by atoms with van der Waals surface area (Å²) in [5.74, 6) is 0.610. The van der Waals surface area contributed by atoms with Crippen molar-refractivity contribution in [2.24, 2.45) is 34.5 Å². The summed E-state index contributed by atoms with van der Waals surface area (Å²) in [5.41, 5.74) is 0.911. The van der Waals surface area contributed by atoms with Crippen LogP contribution in [0.4, 0.5) is 0 Å². The molecule has 1 aromatic rings. The molecule has 2 fully saturated rings. The summed E-state index contributed by atoms with van der Waals surface area (Å²) in [7, 11) is 1.63. The van der Waals surface area contributed by atoms with E-state index in [1.54, 1.807) is 7.11 Å². The number of fused-ring (bicyclic) bond motifs is 1. The highest BCUT2D eigenvalue weighted by Crippen LogP contribution is 2.55. The lowest BCUT2D eigenvalue weighted by Crippen LogP contribution is -2.58. The third-order valence-corrected chi connectivity index (χ3v) is 8.63. The highest BCUT2D eigenvalue weighted by atomic mass is 16.5. The van der Waals surface area contributed by atoms with Crippen molar-refractivity contribution in [1.82, 2.24) is 10.6 Å². The van der Waals surface area contributed by atoms with Crippen LogP contribution < -0.4 is 15.4 Å². The van der Waals surface area contributed by atoms with Crippen LogP contribution in [0.2, 0.25) is 0 Å². The number of carbonyl (C=O) groups is 2. The highest BCUT2D eigenvalue weighted by molar-refractivity contribution is 5.79. The molecule has 0 heterocycles. The Morgan fingerprint density at radius 2 is 1.86 bits per heavy atom. The van der Waals surface area contributed by atoms with E-state index in [1.807, 2.05) is 31.2 Å². The van der Waals surface area contributed by atoms with Crippen LogP contribution in [0.3, 0.4) is 0 Å². The molecule has 0 radical (unpaired) electrons. The molecule has 3 N–H and O–H groups in total. The van der Waals surface area contributed by atoms with E-state index in [9.17, 15) is 14.7 Å². The average Bonchev–Trinajstić information content (AvgIpc) is 2.78. The number of hydrogen-bond donors (Lipinski definition) is 3. The van der Waals surface area contributed by atoms with Gasteiger partial charge in [0, 0.05) is 30.5 Å². The fourth-order valence-corrected chi connectivity index (χ4v) is 6.62. The topological polar surface area (TPSA) is 87.7 Å².